The van der Waals surface area contributed by atoms with Crippen molar-refractivity contribution in [2.24, 2.45) is 7.05 Å². The normalized spacial score (nSPS) is 22.9. The van der Waals surface area contributed by atoms with E-state index in [0.717, 1.165) is 42.3 Å². The molecule has 2 saturated carbocycles. The van der Waals surface area contributed by atoms with Crippen LogP contribution in [0.1, 0.15) is 60.6 Å². The van der Waals surface area contributed by atoms with E-state index in [4.69, 9.17) is 4.98 Å². The molecule has 1 aromatic heterocycles. The minimum atomic E-state index is -0.312. The summed E-state index contributed by atoms with van der Waals surface area (Å²) in [7, 11) is 1.83. The number of piperazine rings is 1. The number of hydrogen-bond donors (Lipinski definition) is 1. The first kappa shape index (κ1) is 23.2. The molecule has 0 spiro atoms. The molecule has 1 N–H and O–H groups in total. The monoisotopic (exact) mass is 490 g/mol. The largest absolute Gasteiger partial charge is 0.393 e. The van der Waals surface area contributed by atoms with Crippen molar-refractivity contribution in [2.75, 3.05) is 19.6 Å². The summed E-state index contributed by atoms with van der Waals surface area (Å²) in [5, 5.41) is 9.79. The second kappa shape index (κ2) is 9.00. The van der Waals surface area contributed by atoms with Crippen LogP contribution in [-0.2, 0) is 11.8 Å². The Morgan fingerprint density at radius 2 is 1.83 bits per heavy atom. The molecular formula is C28H31FN4O3. The molecule has 2 aromatic carbocycles. The van der Waals surface area contributed by atoms with Gasteiger partial charge in [0.15, 0.2) is 5.82 Å². The van der Waals surface area contributed by atoms with E-state index >= 15 is 0 Å². The molecule has 2 aliphatic carbocycles. The zero-order valence-electron chi connectivity index (χ0n) is 20.5. The summed E-state index contributed by atoms with van der Waals surface area (Å²) in [4.78, 5) is 34.8. The van der Waals surface area contributed by atoms with Crippen LogP contribution in [0.5, 0.6) is 0 Å². The molecule has 8 heteroatoms. The second-order valence-corrected chi connectivity index (χ2v) is 10.5. The molecule has 6 rings (SSSR count). The summed E-state index contributed by atoms with van der Waals surface area (Å²) in [6.45, 7) is 0.984. The average molecular weight is 491 g/mol. The molecule has 0 unspecified atom stereocenters. The summed E-state index contributed by atoms with van der Waals surface area (Å²) < 4.78 is 15.9. The Labute approximate surface area is 209 Å². The number of amides is 2. The van der Waals surface area contributed by atoms with E-state index in [1.54, 1.807) is 11.0 Å². The van der Waals surface area contributed by atoms with Gasteiger partial charge in [-0.3, -0.25) is 9.59 Å². The summed E-state index contributed by atoms with van der Waals surface area (Å²) in [5.41, 5.74) is 4.25. The summed E-state index contributed by atoms with van der Waals surface area (Å²) in [6, 6.07) is 10.8. The number of benzene rings is 2. The summed E-state index contributed by atoms with van der Waals surface area (Å²) in [5.74, 6) is 0.152. The number of nitrogens with zero attached hydrogens (tertiary/aromatic N) is 4. The molecule has 3 aromatic rings. The number of aliphatic hydroxyl groups excluding tert-OH is 1. The Bertz CT molecular complexity index is 1340. The van der Waals surface area contributed by atoms with E-state index in [-0.39, 0.29) is 42.1 Å². The van der Waals surface area contributed by atoms with Crippen molar-refractivity contribution in [3.63, 3.8) is 0 Å². The van der Waals surface area contributed by atoms with Gasteiger partial charge in [-0.25, -0.2) is 9.37 Å². The van der Waals surface area contributed by atoms with Gasteiger partial charge in [0.2, 0.25) is 5.91 Å². The first-order valence-electron chi connectivity index (χ1n) is 12.9. The molecule has 2 heterocycles. The van der Waals surface area contributed by atoms with Crippen molar-refractivity contribution in [1.82, 2.24) is 19.4 Å². The number of carbonyl (C=O) groups is 2. The Balaban J connectivity index is 1.30. The van der Waals surface area contributed by atoms with Crippen LogP contribution in [0.3, 0.4) is 0 Å². The molecule has 1 aliphatic heterocycles. The molecule has 3 fully saturated rings. The highest BCUT2D eigenvalue weighted by molar-refractivity contribution is 6.01. The number of rotatable bonds is 4. The van der Waals surface area contributed by atoms with Gasteiger partial charge in [-0.2, -0.15) is 0 Å². The number of carbonyl (C=O) groups excluding carboxylic acids is 2. The third-order valence-corrected chi connectivity index (χ3v) is 8.04. The van der Waals surface area contributed by atoms with Gasteiger partial charge < -0.3 is 19.5 Å². The van der Waals surface area contributed by atoms with Crippen LogP contribution in [0.25, 0.3) is 22.2 Å². The van der Waals surface area contributed by atoms with Crippen molar-refractivity contribution in [2.45, 2.75) is 56.6 Å². The molecule has 0 bridgehead atoms. The molecular weight excluding hydrogens is 459 g/mol. The highest BCUT2D eigenvalue weighted by Gasteiger charge is 2.35. The first-order valence-corrected chi connectivity index (χ1v) is 12.9. The van der Waals surface area contributed by atoms with Crippen LogP contribution in [0.15, 0.2) is 36.4 Å². The lowest BCUT2D eigenvalue weighted by Gasteiger charge is -2.41. The van der Waals surface area contributed by atoms with Crippen molar-refractivity contribution < 1.29 is 19.1 Å². The minimum Gasteiger partial charge on any atom is -0.393 e. The molecule has 0 atom stereocenters. The Hall–Kier alpha value is -3.26. The zero-order valence-corrected chi connectivity index (χ0v) is 20.5. The maximum Gasteiger partial charge on any atom is 0.290 e. The number of halogens is 1. The molecule has 1 saturated heterocycles. The Morgan fingerprint density at radius 3 is 2.53 bits per heavy atom. The quantitative estimate of drug-likeness (QED) is 0.603. The van der Waals surface area contributed by atoms with Gasteiger partial charge >= 0.3 is 0 Å². The first-order chi connectivity index (χ1) is 17.4. The van der Waals surface area contributed by atoms with Gasteiger partial charge in [0, 0.05) is 31.7 Å². The van der Waals surface area contributed by atoms with E-state index in [2.05, 4.69) is 12.1 Å². The summed E-state index contributed by atoms with van der Waals surface area (Å²) >= 11 is 0. The number of aromatic nitrogens is 2. The molecule has 188 valence electrons. The van der Waals surface area contributed by atoms with Crippen LogP contribution < -0.4 is 0 Å². The number of imidazole rings is 1. The lowest BCUT2D eigenvalue weighted by atomic mass is 9.91. The maximum absolute atomic E-state index is 14.1. The van der Waals surface area contributed by atoms with Crippen molar-refractivity contribution >= 4 is 22.8 Å². The van der Waals surface area contributed by atoms with Gasteiger partial charge in [-0.15, -0.1) is 0 Å². The topological polar surface area (TPSA) is 78.7 Å². The highest BCUT2D eigenvalue weighted by atomic mass is 19.1. The fourth-order valence-electron chi connectivity index (χ4n) is 5.79. The van der Waals surface area contributed by atoms with Crippen LogP contribution in [-0.4, -0.2) is 68.1 Å². The third-order valence-electron chi connectivity index (χ3n) is 8.04. The van der Waals surface area contributed by atoms with Gasteiger partial charge in [0.1, 0.15) is 12.4 Å². The lowest BCUT2D eigenvalue weighted by molar-refractivity contribution is -0.138. The standard InChI is InChI=1S/C28H31FN4O3/c1-31-24-15-19(17-5-6-17)14-23(18-3-2-4-20(29)13-18)26(24)30-27(31)28(36)32-11-12-33(25(35)16-32)21-7-9-22(34)10-8-21/h2-4,13-15,17,21-22,34H,5-12,16H2,1H3/t21-,22-. The molecule has 0 radical (unpaired) electrons. The van der Waals surface area contributed by atoms with Crippen LogP contribution in [0, 0.1) is 5.82 Å². The Kier molecular flexibility index (Phi) is 5.79. The number of hydrogen-bond acceptors (Lipinski definition) is 4. The molecule has 2 amide bonds. The zero-order chi connectivity index (χ0) is 25.0. The minimum absolute atomic E-state index is 0.0329. The number of aryl methyl sites for hydroxylation is 1. The van der Waals surface area contributed by atoms with Crippen LogP contribution in [0.4, 0.5) is 4.39 Å². The van der Waals surface area contributed by atoms with E-state index in [1.165, 1.54) is 17.7 Å². The fourth-order valence-corrected chi connectivity index (χ4v) is 5.79. The van der Waals surface area contributed by atoms with E-state index in [1.807, 2.05) is 22.6 Å². The predicted molar refractivity (Wildman–Crippen MR) is 134 cm³/mol. The highest BCUT2D eigenvalue weighted by Crippen LogP contribution is 2.43. The van der Waals surface area contributed by atoms with E-state index < -0.39 is 0 Å². The average Bonchev–Trinajstić information content (AvgIpc) is 3.67. The fraction of sp³-hybridized carbons (Fsp3) is 0.464. The van der Waals surface area contributed by atoms with E-state index in [9.17, 15) is 19.1 Å². The maximum atomic E-state index is 14.1. The third kappa shape index (κ3) is 4.17. The lowest BCUT2D eigenvalue weighted by Crippen LogP contribution is -2.56. The molecule has 3 aliphatic rings. The summed E-state index contributed by atoms with van der Waals surface area (Å²) in [6.07, 6.45) is 5.03. The van der Waals surface area contributed by atoms with Crippen molar-refractivity contribution in [3.05, 3.63) is 53.6 Å². The van der Waals surface area contributed by atoms with Crippen LogP contribution in [0.2, 0.25) is 0 Å². The van der Waals surface area contributed by atoms with E-state index in [0.29, 0.717) is 37.4 Å². The van der Waals surface area contributed by atoms with Crippen molar-refractivity contribution in [1.29, 1.82) is 0 Å². The predicted octanol–water partition coefficient (Wildman–Crippen LogP) is 3.84. The molecule has 7 nitrogen and oxygen atoms in total. The van der Waals surface area contributed by atoms with Gasteiger partial charge in [0.25, 0.3) is 5.91 Å². The van der Waals surface area contributed by atoms with Crippen molar-refractivity contribution in [3.8, 4) is 11.1 Å². The van der Waals surface area contributed by atoms with Gasteiger partial charge in [0.05, 0.1) is 17.1 Å². The SMILES string of the molecule is Cn1c(C(=O)N2CCN([C@H]3CC[C@H](O)CC3)C(=O)C2)nc2c(-c3cccc(F)c3)cc(C3CC3)cc21. The molecule has 36 heavy (non-hydrogen) atoms. The second-order valence-electron chi connectivity index (χ2n) is 10.5. The van der Waals surface area contributed by atoms with Crippen LogP contribution >= 0.6 is 0 Å². The smallest absolute Gasteiger partial charge is 0.290 e. The Morgan fingerprint density at radius 1 is 1.06 bits per heavy atom. The number of aliphatic hydroxyl groups is 1. The number of fused-ring (bicyclic) bond motifs is 1. The van der Waals surface area contributed by atoms with Gasteiger partial charge in [-0.05, 0) is 79.8 Å². The van der Waals surface area contributed by atoms with Gasteiger partial charge in [-0.1, -0.05) is 12.1 Å².